The summed E-state index contributed by atoms with van der Waals surface area (Å²) in [7, 11) is 1.91. The zero-order chi connectivity index (χ0) is 15.7. The number of carbonyl (C=O) groups excluding carboxylic acids is 1. The smallest absolute Gasteiger partial charge is 0.241 e. The number of unbranched alkanes of at least 4 members (excludes halogenated alkanes) is 2. The van der Waals surface area contributed by atoms with E-state index in [1.54, 1.807) is 17.0 Å². The second-order valence-electron chi connectivity index (χ2n) is 5.14. The molecule has 0 saturated carbocycles. The Morgan fingerprint density at radius 2 is 1.86 bits per heavy atom. The maximum atomic E-state index is 12.9. The van der Waals surface area contributed by atoms with Crippen LogP contribution in [-0.4, -0.2) is 49.2 Å². The van der Waals surface area contributed by atoms with Crippen LogP contribution in [0.2, 0.25) is 0 Å². The van der Waals surface area contributed by atoms with Crippen LogP contribution in [0, 0.1) is 5.82 Å². The molecule has 0 aliphatic carbocycles. The Hall–Kier alpha value is -1.46. The molecule has 1 rings (SSSR count). The lowest BCUT2D eigenvalue weighted by Crippen LogP contribution is -2.39. The third-order valence-electron chi connectivity index (χ3n) is 3.36. The summed E-state index contributed by atoms with van der Waals surface area (Å²) in [5.41, 5.74) is 0.720. The molecule has 5 heteroatoms. The number of anilines is 1. The molecule has 0 atom stereocenters. The van der Waals surface area contributed by atoms with Gasteiger partial charge in [0.15, 0.2) is 0 Å². The van der Waals surface area contributed by atoms with Crippen molar-refractivity contribution in [3.63, 3.8) is 0 Å². The first kappa shape index (κ1) is 17.6. The Morgan fingerprint density at radius 3 is 2.43 bits per heavy atom. The van der Waals surface area contributed by atoms with Crippen LogP contribution in [0.3, 0.4) is 0 Å². The molecule has 0 spiro atoms. The minimum atomic E-state index is -0.303. The number of rotatable bonds is 9. The molecule has 0 saturated heterocycles. The molecule has 0 unspecified atom stereocenters. The SMILES string of the molecule is CCN(C(=O)CN(C)CCCCCO)c1ccc(F)cc1. The van der Waals surface area contributed by atoms with Crippen molar-refractivity contribution >= 4 is 11.6 Å². The van der Waals surface area contributed by atoms with Crippen LogP contribution in [0.4, 0.5) is 10.1 Å². The molecule has 0 heterocycles. The first-order valence-electron chi connectivity index (χ1n) is 7.43. The number of hydrogen-bond acceptors (Lipinski definition) is 3. The van der Waals surface area contributed by atoms with Gasteiger partial charge in [-0.3, -0.25) is 9.69 Å². The highest BCUT2D eigenvalue weighted by molar-refractivity contribution is 5.94. The molecular weight excluding hydrogens is 271 g/mol. The summed E-state index contributed by atoms with van der Waals surface area (Å²) >= 11 is 0. The van der Waals surface area contributed by atoms with E-state index in [2.05, 4.69) is 0 Å². The number of hydrogen-bond donors (Lipinski definition) is 1. The van der Waals surface area contributed by atoms with E-state index in [-0.39, 0.29) is 18.3 Å². The molecule has 118 valence electrons. The van der Waals surface area contributed by atoms with Crippen LogP contribution in [-0.2, 0) is 4.79 Å². The van der Waals surface area contributed by atoms with Gasteiger partial charge in [-0.05, 0) is 64.0 Å². The average Bonchev–Trinajstić information content (AvgIpc) is 2.46. The minimum absolute atomic E-state index is 0.00812. The van der Waals surface area contributed by atoms with Gasteiger partial charge in [0.2, 0.25) is 5.91 Å². The minimum Gasteiger partial charge on any atom is -0.396 e. The maximum Gasteiger partial charge on any atom is 0.241 e. The number of aliphatic hydroxyl groups excluding tert-OH is 1. The van der Waals surface area contributed by atoms with Crippen molar-refractivity contribution in [3.8, 4) is 0 Å². The summed E-state index contributed by atoms with van der Waals surface area (Å²) in [6.07, 6.45) is 2.73. The maximum absolute atomic E-state index is 12.9. The van der Waals surface area contributed by atoms with E-state index in [4.69, 9.17) is 5.11 Å². The predicted octanol–water partition coefficient (Wildman–Crippen LogP) is 2.27. The fourth-order valence-electron chi connectivity index (χ4n) is 2.19. The van der Waals surface area contributed by atoms with Crippen LogP contribution in [0.1, 0.15) is 26.2 Å². The molecule has 1 amide bonds. The lowest BCUT2D eigenvalue weighted by atomic mass is 10.2. The van der Waals surface area contributed by atoms with Crippen LogP contribution in [0.15, 0.2) is 24.3 Å². The van der Waals surface area contributed by atoms with Crippen molar-refractivity contribution in [2.75, 3.05) is 38.2 Å². The van der Waals surface area contributed by atoms with Gasteiger partial charge in [-0.2, -0.15) is 0 Å². The number of likely N-dealkylation sites (N-methyl/N-ethyl adjacent to an activating group) is 2. The van der Waals surface area contributed by atoms with E-state index in [0.29, 0.717) is 13.1 Å². The molecule has 1 aromatic carbocycles. The van der Waals surface area contributed by atoms with Gasteiger partial charge in [-0.15, -0.1) is 0 Å². The van der Waals surface area contributed by atoms with E-state index < -0.39 is 0 Å². The van der Waals surface area contributed by atoms with E-state index in [1.165, 1.54) is 12.1 Å². The van der Waals surface area contributed by atoms with Gasteiger partial charge in [0.25, 0.3) is 0 Å². The Kier molecular flexibility index (Phi) is 7.93. The number of nitrogens with zero attached hydrogens (tertiary/aromatic N) is 2. The molecule has 1 N–H and O–H groups in total. The van der Waals surface area contributed by atoms with Crippen molar-refractivity contribution in [2.24, 2.45) is 0 Å². The van der Waals surface area contributed by atoms with E-state index >= 15 is 0 Å². The molecule has 0 bridgehead atoms. The quantitative estimate of drug-likeness (QED) is 0.711. The van der Waals surface area contributed by atoms with Gasteiger partial charge in [0, 0.05) is 18.8 Å². The third-order valence-corrected chi connectivity index (χ3v) is 3.36. The molecule has 0 aromatic heterocycles. The number of halogens is 1. The molecule has 0 aliphatic rings. The van der Waals surface area contributed by atoms with Crippen molar-refractivity contribution in [3.05, 3.63) is 30.1 Å². The third kappa shape index (κ3) is 6.23. The van der Waals surface area contributed by atoms with Crippen LogP contribution in [0.5, 0.6) is 0 Å². The molecule has 0 radical (unpaired) electrons. The molecule has 0 fully saturated rings. The second kappa shape index (κ2) is 9.47. The highest BCUT2D eigenvalue weighted by Crippen LogP contribution is 2.15. The van der Waals surface area contributed by atoms with Gasteiger partial charge in [-0.25, -0.2) is 4.39 Å². The van der Waals surface area contributed by atoms with E-state index in [1.807, 2.05) is 18.9 Å². The highest BCUT2D eigenvalue weighted by atomic mass is 19.1. The zero-order valence-corrected chi connectivity index (χ0v) is 12.9. The summed E-state index contributed by atoms with van der Waals surface area (Å²) in [6, 6.07) is 5.98. The summed E-state index contributed by atoms with van der Waals surface area (Å²) in [6.45, 7) is 3.85. The first-order valence-corrected chi connectivity index (χ1v) is 7.43. The fraction of sp³-hybridized carbons (Fsp3) is 0.562. The monoisotopic (exact) mass is 296 g/mol. The summed E-state index contributed by atoms with van der Waals surface area (Å²) < 4.78 is 12.9. The highest BCUT2D eigenvalue weighted by Gasteiger charge is 2.15. The van der Waals surface area contributed by atoms with Crippen molar-refractivity contribution in [1.82, 2.24) is 4.90 Å². The van der Waals surface area contributed by atoms with Crippen LogP contribution < -0.4 is 4.90 Å². The van der Waals surface area contributed by atoms with Gasteiger partial charge in [0.1, 0.15) is 5.82 Å². The Morgan fingerprint density at radius 1 is 1.19 bits per heavy atom. The fourth-order valence-corrected chi connectivity index (χ4v) is 2.19. The number of amides is 1. The Balaban J connectivity index is 2.49. The first-order chi connectivity index (χ1) is 10.1. The second-order valence-corrected chi connectivity index (χ2v) is 5.14. The number of aliphatic hydroxyl groups is 1. The van der Waals surface area contributed by atoms with Crippen molar-refractivity contribution in [2.45, 2.75) is 26.2 Å². The predicted molar refractivity (Wildman–Crippen MR) is 82.9 cm³/mol. The van der Waals surface area contributed by atoms with E-state index in [9.17, 15) is 9.18 Å². The van der Waals surface area contributed by atoms with Gasteiger partial charge in [0.05, 0.1) is 6.54 Å². The van der Waals surface area contributed by atoms with Crippen molar-refractivity contribution in [1.29, 1.82) is 0 Å². The summed E-state index contributed by atoms with van der Waals surface area (Å²) in [5.74, 6) is -0.294. The average molecular weight is 296 g/mol. The zero-order valence-electron chi connectivity index (χ0n) is 12.9. The largest absolute Gasteiger partial charge is 0.396 e. The number of carbonyl (C=O) groups is 1. The lowest BCUT2D eigenvalue weighted by molar-refractivity contribution is -0.119. The number of benzene rings is 1. The van der Waals surface area contributed by atoms with Gasteiger partial charge < -0.3 is 10.0 Å². The Bertz CT molecular complexity index is 423. The van der Waals surface area contributed by atoms with E-state index in [0.717, 1.165) is 31.5 Å². The normalized spacial score (nSPS) is 10.9. The molecule has 21 heavy (non-hydrogen) atoms. The standard InChI is InChI=1S/C16H25FN2O2/c1-3-19(15-9-7-14(17)8-10-15)16(21)13-18(2)11-5-4-6-12-20/h7-10,20H,3-6,11-13H2,1-2H3. The summed E-state index contributed by atoms with van der Waals surface area (Å²) in [4.78, 5) is 15.9. The van der Waals surface area contributed by atoms with Crippen LogP contribution >= 0.6 is 0 Å². The van der Waals surface area contributed by atoms with Crippen molar-refractivity contribution < 1.29 is 14.3 Å². The van der Waals surface area contributed by atoms with Gasteiger partial charge in [-0.1, -0.05) is 0 Å². The topological polar surface area (TPSA) is 43.8 Å². The Labute approximate surface area is 126 Å². The molecule has 0 aliphatic heterocycles. The molecular formula is C16H25FN2O2. The van der Waals surface area contributed by atoms with Crippen LogP contribution in [0.25, 0.3) is 0 Å². The summed E-state index contributed by atoms with van der Waals surface area (Å²) in [5, 5.41) is 8.73. The molecule has 4 nitrogen and oxygen atoms in total. The molecule has 1 aromatic rings. The van der Waals surface area contributed by atoms with Gasteiger partial charge >= 0.3 is 0 Å². The lowest BCUT2D eigenvalue weighted by Gasteiger charge is -2.24.